The normalized spacial score (nSPS) is 13.6. The number of aliphatic hydroxyl groups is 1. The Kier molecular flexibility index (Phi) is 5.81. The van der Waals surface area contributed by atoms with Crippen LogP contribution >= 0.6 is 23.2 Å². The molecular formula is C10H14Cl2N2O3S. The van der Waals surface area contributed by atoms with Crippen LogP contribution in [-0.2, 0) is 10.0 Å². The average Bonchev–Trinajstić information content (AvgIpc) is 2.32. The van der Waals surface area contributed by atoms with Crippen LogP contribution in [0.2, 0.25) is 10.2 Å². The zero-order chi connectivity index (χ0) is 13.8. The van der Waals surface area contributed by atoms with Gasteiger partial charge in [0, 0.05) is 12.7 Å². The van der Waals surface area contributed by atoms with Gasteiger partial charge in [0.15, 0.2) is 0 Å². The van der Waals surface area contributed by atoms with E-state index in [-0.39, 0.29) is 21.6 Å². The Morgan fingerprint density at radius 3 is 2.72 bits per heavy atom. The van der Waals surface area contributed by atoms with Gasteiger partial charge in [0.05, 0.1) is 11.1 Å². The Hall–Kier alpha value is -0.400. The molecule has 1 aromatic rings. The highest BCUT2D eigenvalue weighted by molar-refractivity contribution is 7.89. The Labute approximate surface area is 116 Å². The molecule has 1 atom stereocenters. The van der Waals surface area contributed by atoms with Crippen molar-refractivity contribution in [2.45, 2.75) is 30.8 Å². The van der Waals surface area contributed by atoms with Gasteiger partial charge in [0.2, 0.25) is 10.0 Å². The summed E-state index contributed by atoms with van der Waals surface area (Å²) in [4.78, 5) is 3.62. The quantitative estimate of drug-likeness (QED) is 0.785. The molecule has 1 aromatic heterocycles. The third-order valence-electron chi connectivity index (χ3n) is 2.32. The Balaban J connectivity index is 2.71. The number of nitrogens with one attached hydrogen (secondary N) is 1. The van der Waals surface area contributed by atoms with E-state index in [1.165, 1.54) is 6.07 Å². The maximum atomic E-state index is 11.8. The predicted molar refractivity (Wildman–Crippen MR) is 70.4 cm³/mol. The van der Waals surface area contributed by atoms with Gasteiger partial charge in [-0.2, -0.15) is 0 Å². The highest BCUT2D eigenvalue weighted by Gasteiger charge is 2.16. The molecule has 0 aliphatic heterocycles. The van der Waals surface area contributed by atoms with Crippen molar-refractivity contribution in [3.63, 3.8) is 0 Å². The fraction of sp³-hybridized carbons (Fsp3) is 0.500. The lowest BCUT2D eigenvalue weighted by Gasteiger charge is -2.09. The first-order valence-corrected chi connectivity index (χ1v) is 7.59. The number of hydrogen-bond acceptors (Lipinski definition) is 4. The van der Waals surface area contributed by atoms with Crippen LogP contribution in [-0.4, -0.2) is 31.2 Å². The minimum absolute atomic E-state index is 0.0528. The Morgan fingerprint density at radius 1 is 1.50 bits per heavy atom. The monoisotopic (exact) mass is 312 g/mol. The Bertz CT molecular complexity index is 508. The Morgan fingerprint density at radius 2 is 2.17 bits per heavy atom. The molecule has 0 saturated carbocycles. The molecule has 0 spiro atoms. The number of rotatable bonds is 6. The van der Waals surface area contributed by atoms with Gasteiger partial charge in [-0.15, -0.1) is 0 Å². The van der Waals surface area contributed by atoms with Gasteiger partial charge in [-0.05, 0) is 18.9 Å². The molecule has 5 nitrogen and oxygen atoms in total. The highest BCUT2D eigenvalue weighted by atomic mass is 35.5. The fourth-order valence-electron chi connectivity index (χ4n) is 1.20. The van der Waals surface area contributed by atoms with Crippen molar-refractivity contribution in [2.75, 3.05) is 6.54 Å². The van der Waals surface area contributed by atoms with Gasteiger partial charge in [0.1, 0.15) is 10.0 Å². The summed E-state index contributed by atoms with van der Waals surface area (Å²) in [6.45, 7) is 1.97. The SMILES string of the molecule is CCC(O)CCNS(=O)(=O)c1cnc(Cl)c(Cl)c1. The number of hydrogen-bond donors (Lipinski definition) is 2. The van der Waals surface area contributed by atoms with E-state index in [1.807, 2.05) is 6.92 Å². The number of halogens is 2. The van der Waals surface area contributed by atoms with Crippen molar-refractivity contribution in [3.05, 3.63) is 22.4 Å². The van der Waals surface area contributed by atoms with Crippen molar-refractivity contribution in [3.8, 4) is 0 Å². The molecule has 1 heterocycles. The number of pyridine rings is 1. The summed E-state index contributed by atoms with van der Waals surface area (Å²) in [5.74, 6) is 0. The summed E-state index contributed by atoms with van der Waals surface area (Å²) in [6.07, 6.45) is 1.55. The van der Waals surface area contributed by atoms with Gasteiger partial charge in [-0.3, -0.25) is 0 Å². The van der Waals surface area contributed by atoms with Crippen molar-refractivity contribution in [1.82, 2.24) is 9.71 Å². The van der Waals surface area contributed by atoms with Crippen LogP contribution in [0, 0.1) is 0 Å². The van der Waals surface area contributed by atoms with E-state index in [9.17, 15) is 13.5 Å². The third-order valence-corrected chi connectivity index (χ3v) is 4.44. The van der Waals surface area contributed by atoms with E-state index in [4.69, 9.17) is 23.2 Å². The summed E-state index contributed by atoms with van der Waals surface area (Å²) < 4.78 is 26.0. The van der Waals surface area contributed by atoms with Crippen molar-refractivity contribution in [2.24, 2.45) is 0 Å². The van der Waals surface area contributed by atoms with Crippen molar-refractivity contribution < 1.29 is 13.5 Å². The molecule has 2 N–H and O–H groups in total. The molecule has 0 amide bonds. The molecule has 0 saturated heterocycles. The summed E-state index contributed by atoms with van der Waals surface area (Å²) in [7, 11) is -3.67. The summed E-state index contributed by atoms with van der Waals surface area (Å²) >= 11 is 11.3. The molecule has 0 radical (unpaired) electrons. The second-order valence-corrected chi connectivity index (χ2v) is 6.22. The zero-order valence-electron chi connectivity index (χ0n) is 9.73. The highest BCUT2D eigenvalue weighted by Crippen LogP contribution is 2.21. The maximum Gasteiger partial charge on any atom is 0.242 e. The number of sulfonamides is 1. The molecular weight excluding hydrogens is 299 g/mol. The molecule has 0 aliphatic rings. The molecule has 0 bridgehead atoms. The molecule has 0 aromatic carbocycles. The molecule has 0 fully saturated rings. The summed E-state index contributed by atoms with van der Waals surface area (Å²) in [6, 6.07) is 1.23. The van der Waals surface area contributed by atoms with Crippen LogP contribution in [0.25, 0.3) is 0 Å². The predicted octanol–water partition coefficient (Wildman–Crippen LogP) is 1.83. The van der Waals surface area contributed by atoms with Gasteiger partial charge < -0.3 is 5.11 Å². The topological polar surface area (TPSA) is 79.3 Å². The largest absolute Gasteiger partial charge is 0.393 e. The van der Waals surface area contributed by atoms with Crippen LogP contribution < -0.4 is 4.72 Å². The second kappa shape index (κ2) is 6.68. The molecule has 1 rings (SSSR count). The molecule has 0 aliphatic carbocycles. The lowest BCUT2D eigenvalue weighted by molar-refractivity contribution is 0.162. The fourth-order valence-corrected chi connectivity index (χ4v) is 2.55. The number of aliphatic hydroxyl groups excluding tert-OH is 1. The summed E-state index contributed by atoms with van der Waals surface area (Å²) in [5, 5.41) is 9.45. The average molecular weight is 313 g/mol. The smallest absolute Gasteiger partial charge is 0.242 e. The minimum atomic E-state index is -3.67. The molecule has 1 unspecified atom stereocenters. The van der Waals surface area contributed by atoms with Gasteiger partial charge in [0.25, 0.3) is 0 Å². The molecule has 102 valence electrons. The van der Waals surface area contributed by atoms with E-state index in [2.05, 4.69) is 9.71 Å². The van der Waals surface area contributed by atoms with Crippen LogP contribution in [0.3, 0.4) is 0 Å². The molecule has 18 heavy (non-hydrogen) atoms. The van der Waals surface area contributed by atoms with Crippen LogP contribution in [0.4, 0.5) is 0 Å². The first-order chi connectivity index (χ1) is 8.36. The number of nitrogens with zero attached hydrogens (tertiary/aromatic N) is 1. The maximum absolute atomic E-state index is 11.8. The van der Waals surface area contributed by atoms with E-state index in [0.717, 1.165) is 6.20 Å². The van der Waals surface area contributed by atoms with E-state index < -0.39 is 16.1 Å². The first-order valence-electron chi connectivity index (χ1n) is 5.35. The van der Waals surface area contributed by atoms with E-state index >= 15 is 0 Å². The van der Waals surface area contributed by atoms with Crippen LogP contribution in [0.15, 0.2) is 17.2 Å². The van der Waals surface area contributed by atoms with E-state index in [0.29, 0.717) is 12.8 Å². The van der Waals surface area contributed by atoms with Gasteiger partial charge >= 0.3 is 0 Å². The van der Waals surface area contributed by atoms with Crippen LogP contribution in [0.5, 0.6) is 0 Å². The third kappa shape index (κ3) is 4.37. The van der Waals surface area contributed by atoms with Gasteiger partial charge in [-0.25, -0.2) is 18.1 Å². The second-order valence-electron chi connectivity index (χ2n) is 3.69. The lowest BCUT2D eigenvalue weighted by atomic mass is 10.2. The minimum Gasteiger partial charge on any atom is -0.393 e. The van der Waals surface area contributed by atoms with E-state index in [1.54, 1.807) is 0 Å². The first kappa shape index (κ1) is 15.7. The summed E-state index contributed by atoms with van der Waals surface area (Å²) in [5.41, 5.74) is 0. The lowest BCUT2D eigenvalue weighted by Crippen LogP contribution is -2.27. The van der Waals surface area contributed by atoms with Crippen molar-refractivity contribution >= 4 is 33.2 Å². The van der Waals surface area contributed by atoms with Gasteiger partial charge in [-0.1, -0.05) is 30.1 Å². The van der Waals surface area contributed by atoms with Crippen LogP contribution in [0.1, 0.15) is 19.8 Å². The molecule has 8 heteroatoms. The number of aromatic nitrogens is 1. The van der Waals surface area contributed by atoms with Crippen molar-refractivity contribution in [1.29, 1.82) is 0 Å². The standard InChI is InChI=1S/C10H14Cl2N2O3S/c1-2-7(15)3-4-14-18(16,17)8-5-9(11)10(12)13-6-8/h5-7,14-15H,2-4H2,1H3. The zero-order valence-corrected chi connectivity index (χ0v) is 12.1.